The number of carbonyl (C=O) groups is 1. The third kappa shape index (κ3) is 4.12. The molecule has 9 nitrogen and oxygen atoms in total. The highest BCUT2D eigenvalue weighted by molar-refractivity contribution is 5.91. The summed E-state index contributed by atoms with van der Waals surface area (Å²) >= 11 is 0. The maximum Gasteiger partial charge on any atom is 0.237 e. The number of anilines is 3. The number of hydrogen-bond acceptors (Lipinski definition) is 7. The number of aromatic amines is 1. The van der Waals surface area contributed by atoms with Crippen molar-refractivity contribution in [2.24, 2.45) is 0 Å². The van der Waals surface area contributed by atoms with Crippen LogP contribution in [-0.2, 0) is 4.79 Å². The number of amides is 1. The van der Waals surface area contributed by atoms with Crippen LogP contribution in [0.4, 0.5) is 17.6 Å². The molecule has 2 saturated heterocycles. The Bertz CT molecular complexity index is 1110. The monoisotopic (exact) mass is 434 g/mol. The van der Waals surface area contributed by atoms with Crippen molar-refractivity contribution in [3.63, 3.8) is 0 Å². The highest BCUT2D eigenvalue weighted by Crippen LogP contribution is 2.37. The third-order valence-electron chi connectivity index (χ3n) is 6.36. The topological polar surface area (TPSA) is 102 Å². The number of rotatable bonds is 6. The summed E-state index contributed by atoms with van der Waals surface area (Å²) in [5.41, 5.74) is 1.86. The molecule has 2 aromatic heterocycles. The molecular formula is C23H30N8O. The second-order valence-electron chi connectivity index (χ2n) is 9.21. The summed E-state index contributed by atoms with van der Waals surface area (Å²) in [7, 11) is 3.89. The molecule has 2 aliphatic rings. The van der Waals surface area contributed by atoms with Gasteiger partial charge in [0.1, 0.15) is 5.82 Å². The zero-order valence-electron chi connectivity index (χ0n) is 18.8. The summed E-state index contributed by atoms with van der Waals surface area (Å²) in [6.07, 6.45) is 4.00. The van der Waals surface area contributed by atoms with Crippen molar-refractivity contribution in [3.8, 4) is 0 Å². The molecule has 0 saturated carbocycles. The van der Waals surface area contributed by atoms with Crippen molar-refractivity contribution in [3.05, 3.63) is 36.0 Å². The van der Waals surface area contributed by atoms with Gasteiger partial charge in [-0.05, 0) is 58.8 Å². The lowest BCUT2D eigenvalue weighted by Gasteiger charge is -2.39. The van der Waals surface area contributed by atoms with Crippen LogP contribution in [0.2, 0.25) is 0 Å². The first kappa shape index (κ1) is 20.7. The molecule has 2 atom stereocenters. The Kier molecular flexibility index (Phi) is 5.42. The Labute approximate surface area is 187 Å². The van der Waals surface area contributed by atoms with Gasteiger partial charge in [-0.15, -0.1) is 0 Å². The smallest absolute Gasteiger partial charge is 0.237 e. The summed E-state index contributed by atoms with van der Waals surface area (Å²) in [6, 6.07) is 10.8. The lowest BCUT2D eigenvalue weighted by molar-refractivity contribution is -0.136. The minimum absolute atomic E-state index is 0.240. The van der Waals surface area contributed by atoms with E-state index in [0.717, 1.165) is 53.9 Å². The molecule has 5 rings (SSSR count). The average Bonchev–Trinajstić information content (AvgIpc) is 3.27. The molecule has 3 N–H and O–H groups in total. The molecule has 0 aliphatic carbocycles. The minimum Gasteiger partial charge on any atom is -0.351 e. The fraction of sp³-hybridized carbons (Fsp3) is 0.478. The van der Waals surface area contributed by atoms with Crippen LogP contribution in [0, 0.1) is 6.92 Å². The SMILES string of the molecule is Cc1cc(Nc2nc(NC3CC4CCC(C3)N4C(=O)CN(C)C)nc3ccccc23)n[nH]1. The van der Waals surface area contributed by atoms with E-state index >= 15 is 0 Å². The maximum absolute atomic E-state index is 12.7. The van der Waals surface area contributed by atoms with Crippen LogP contribution >= 0.6 is 0 Å². The van der Waals surface area contributed by atoms with Gasteiger partial charge < -0.3 is 20.4 Å². The molecule has 9 heteroatoms. The first-order valence-corrected chi connectivity index (χ1v) is 11.2. The van der Waals surface area contributed by atoms with Gasteiger partial charge in [-0.25, -0.2) is 4.98 Å². The average molecular weight is 435 g/mol. The Hall–Kier alpha value is -3.20. The third-order valence-corrected chi connectivity index (χ3v) is 6.36. The minimum atomic E-state index is 0.240. The fourth-order valence-electron chi connectivity index (χ4n) is 5.08. The van der Waals surface area contributed by atoms with Crippen LogP contribution < -0.4 is 10.6 Å². The van der Waals surface area contributed by atoms with Gasteiger partial charge in [0.05, 0.1) is 12.1 Å². The highest BCUT2D eigenvalue weighted by Gasteiger charge is 2.43. The Balaban J connectivity index is 1.35. The Morgan fingerprint density at radius 3 is 2.62 bits per heavy atom. The zero-order chi connectivity index (χ0) is 22.2. The fourth-order valence-corrected chi connectivity index (χ4v) is 5.08. The number of hydrogen-bond donors (Lipinski definition) is 3. The largest absolute Gasteiger partial charge is 0.351 e. The van der Waals surface area contributed by atoms with E-state index in [9.17, 15) is 4.79 Å². The summed E-state index contributed by atoms with van der Waals surface area (Å²) in [5.74, 6) is 2.30. The number of carbonyl (C=O) groups excluding carboxylic acids is 1. The number of aromatic nitrogens is 4. The molecule has 0 spiro atoms. The van der Waals surface area contributed by atoms with Crippen molar-refractivity contribution < 1.29 is 4.79 Å². The molecule has 2 aliphatic heterocycles. The molecule has 2 bridgehead atoms. The summed E-state index contributed by atoms with van der Waals surface area (Å²) in [5, 5.41) is 15.1. The Morgan fingerprint density at radius 1 is 1.19 bits per heavy atom. The van der Waals surface area contributed by atoms with Crippen molar-refractivity contribution in [1.82, 2.24) is 30.0 Å². The van der Waals surface area contributed by atoms with Crippen LogP contribution in [-0.4, -0.2) is 74.6 Å². The summed E-state index contributed by atoms with van der Waals surface area (Å²) < 4.78 is 0. The second-order valence-corrected chi connectivity index (χ2v) is 9.21. The number of nitrogens with zero attached hydrogens (tertiary/aromatic N) is 5. The number of piperidine rings is 1. The van der Waals surface area contributed by atoms with E-state index in [1.54, 1.807) is 0 Å². The predicted molar refractivity (Wildman–Crippen MR) is 125 cm³/mol. The molecule has 3 aromatic rings. The van der Waals surface area contributed by atoms with Gasteiger partial charge in [0.15, 0.2) is 5.82 Å². The number of aryl methyl sites for hydroxylation is 1. The van der Waals surface area contributed by atoms with Crippen molar-refractivity contribution in [1.29, 1.82) is 0 Å². The molecule has 168 valence electrons. The highest BCUT2D eigenvalue weighted by atomic mass is 16.2. The molecule has 2 fully saturated rings. The molecule has 1 aromatic carbocycles. The zero-order valence-corrected chi connectivity index (χ0v) is 18.8. The number of nitrogens with one attached hydrogen (secondary N) is 3. The molecule has 1 amide bonds. The van der Waals surface area contributed by atoms with Crippen LogP contribution in [0.1, 0.15) is 31.4 Å². The summed E-state index contributed by atoms with van der Waals surface area (Å²) in [6.45, 7) is 2.44. The maximum atomic E-state index is 12.7. The van der Waals surface area contributed by atoms with E-state index in [-0.39, 0.29) is 11.9 Å². The molecule has 32 heavy (non-hydrogen) atoms. The number of H-pyrrole nitrogens is 1. The number of likely N-dealkylation sites (N-methyl/N-ethyl adjacent to an activating group) is 1. The quantitative estimate of drug-likeness (QED) is 0.548. The van der Waals surface area contributed by atoms with Crippen LogP contribution in [0.3, 0.4) is 0 Å². The first-order valence-electron chi connectivity index (χ1n) is 11.2. The van der Waals surface area contributed by atoms with Crippen molar-refractivity contribution in [2.75, 3.05) is 31.3 Å². The van der Waals surface area contributed by atoms with Crippen molar-refractivity contribution in [2.45, 2.75) is 50.7 Å². The number of para-hydroxylation sites is 1. The van der Waals surface area contributed by atoms with Gasteiger partial charge in [-0.2, -0.15) is 10.1 Å². The standard InChI is InChI=1S/C23H30N8O/c1-14-10-20(29-28-14)26-22-18-6-4-5-7-19(18)25-23(27-22)24-15-11-16-8-9-17(12-15)31(16)21(32)13-30(2)3/h4-7,10,15-17H,8-9,11-13H2,1-3H3,(H3,24,25,26,27,28,29). The van der Waals surface area contributed by atoms with Crippen molar-refractivity contribution >= 4 is 34.4 Å². The lowest BCUT2D eigenvalue weighted by Crippen LogP contribution is -2.52. The predicted octanol–water partition coefficient (Wildman–Crippen LogP) is 2.90. The van der Waals surface area contributed by atoms with Gasteiger partial charge >= 0.3 is 0 Å². The number of benzene rings is 1. The van der Waals surface area contributed by atoms with E-state index in [4.69, 9.17) is 9.97 Å². The lowest BCUT2D eigenvalue weighted by atomic mass is 9.97. The summed E-state index contributed by atoms with van der Waals surface area (Å²) in [4.78, 5) is 26.4. The van der Waals surface area contributed by atoms with E-state index in [2.05, 4.69) is 25.7 Å². The van der Waals surface area contributed by atoms with Crippen LogP contribution in [0.15, 0.2) is 30.3 Å². The molecule has 2 unspecified atom stereocenters. The van der Waals surface area contributed by atoms with Gasteiger partial charge in [-0.1, -0.05) is 12.1 Å². The Morgan fingerprint density at radius 2 is 1.94 bits per heavy atom. The van der Waals surface area contributed by atoms with E-state index in [0.29, 0.717) is 24.6 Å². The second kappa shape index (κ2) is 8.38. The normalized spacial score (nSPS) is 22.5. The molecule has 0 radical (unpaired) electrons. The van der Waals surface area contributed by atoms with Gasteiger partial charge in [0.2, 0.25) is 11.9 Å². The molecular weight excluding hydrogens is 404 g/mol. The van der Waals surface area contributed by atoms with Gasteiger partial charge in [0.25, 0.3) is 0 Å². The van der Waals surface area contributed by atoms with Gasteiger partial charge in [-0.3, -0.25) is 9.89 Å². The van der Waals surface area contributed by atoms with Gasteiger partial charge in [0, 0.05) is 35.3 Å². The van der Waals surface area contributed by atoms with E-state index in [1.807, 2.05) is 56.3 Å². The first-order chi connectivity index (χ1) is 15.5. The number of fused-ring (bicyclic) bond motifs is 3. The van der Waals surface area contributed by atoms with E-state index < -0.39 is 0 Å². The van der Waals surface area contributed by atoms with E-state index in [1.165, 1.54) is 0 Å². The molecule has 4 heterocycles. The van der Waals surface area contributed by atoms with Crippen LogP contribution in [0.25, 0.3) is 10.9 Å². The van der Waals surface area contributed by atoms with Crippen LogP contribution in [0.5, 0.6) is 0 Å².